The minimum atomic E-state index is -4.09. The summed E-state index contributed by atoms with van der Waals surface area (Å²) >= 11 is 5.70. The molecular formula is C16H13ClFNO5S. The zero-order valence-electron chi connectivity index (χ0n) is 13.0. The molecule has 0 N–H and O–H groups in total. The molecule has 0 spiro atoms. The van der Waals surface area contributed by atoms with E-state index in [0.29, 0.717) is 0 Å². The molecule has 1 atom stereocenters. The van der Waals surface area contributed by atoms with Gasteiger partial charge in [-0.1, -0.05) is 23.7 Å². The van der Waals surface area contributed by atoms with Crippen molar-refractivity contribution in [3.63, 3.8) is 0 Å². The van der Waals surface area contributed by atoms with Gasteiger partial charge in [-0.25, -0.2) is 17.6 Å². The predicted octanol–water partition coefficient (Wildman–Crippen LogP) is 2.61. The van der Waals surface area contributed by atoms with Gasteiger partial charge in [0.15, 0.2) is 0 Å². The molecule has 3 rings (SSSR count). The predicted molar refractivity (Wildman–Crippen MR) is 88.8 cm³/mol. The molecule has 1 heterocycles. The normalized spacial score (nSPS) is 16.8. The number of carbonyl (C=O) groups is 1. The molecule has 0 aromatic heterocycles. The average molecular weight is 386 g/mol. The van der Waals surface area contributed by atoms with Crippen LogP contribution in [0.3, 0.4) is 0 Å². The van der Waals surface area contributed by atoms with Crippen LogP contribution in [0, 0.1) is 5.82 Å². The molecule has 6 nitrogen and oxygen atoms in total. The van der Waals surface area contributed by atoms with E-state index in [-0.39, 0.29) is 27.9 Å². The van der Waals surface area contributed by atoms with Gasteiger partial charge in [-0.05, 0) is 30.3 Å². The number of benzene rings is 2. The lowest BCUT2D eigenvalue weighted by molar-refractivity contribution is -0.148. The molecule has 0 radical (unpaired) electrons. The number of anilines is 1. The number of ether oxygens (including phenoxy) is 2. The number of esters is 1. The van der Waals surface area contributed by atoms with Crippen molar-refractivity contribution in [2.24, 2.45) is 0 Å². The zero-order chi connectivity index (χ0) is 18.2. The van der Waals surface area contributed by atoms with Crippen LogP contribution in [0.1, 0.15) is 0 Å². The van der Waals surface area contributed by atoms with Gasteiger partial charge in [0, 0.05) is 0 Å². The molecule has 0 saturated heterocycles. The molecule has 2 aromatic carbocycles. The second-order valence-electron chi connectivity index (χ2n) is 5.21. The Bertz CT molecular complexity index is 934. The summed E-state index contributed by atoms with van der Waals surface area (Å²) in [7, 11) is -2.91. The topological polar surface area (TPSA) is 72.9 Å². The Balaban J connectivity index is 2.10. The van der Waals surface area contributed by atoms with Crippen molar-refractivity contribution in [3.8, 4) is 5.75 Å². The molecular weight excluding hydrogens is 373 g/mol. The smallest absolute Gasteiger partial charge is 0.348 e. The summed E-state index contributed by atoms with van der Waals surface area (Å²) in [5.74, 6) is -1.21. The molecule has 0 fully saturated rings. The van der Waals surface area contributed by atoms with Crippen LogP contribution in [0.25, 0.3) is 0 Å². The van der Waals surface area contributed by atoms with E-state index in [1.807, 2.05) is 0 Å². The van der Waals surface area contributed by atoms with Crippen LogP contribution in [0.5, 0.6) is 5.75 Å². The molecule has 1 aliphatic rings. The fraction of sp³-hybridized carbons (Fsp3) is 0.188. The van der Waals surface area contributed by atoms with Crippen LogP contribution in [0.4, 0.5) is 10.1 Å². The quantitative estimate of drug-likeness (QED) is 0.759. The Morgan fingerprint density at radius 3 is 2.72 bits per heavy atom. The van der Waals surface area contributed by atoms with Gasteiger partial charge in [0.2, 0.25) is 6.10 Å². The summed E-state index contributed by atoms with van der Waals surface area (Å²) < 4.78 is 50.6. The molecule has 132 valence electrons. The van der Waals surface area contributed by atoms with Gasteiger partial charge in [-0.15, -0.1) is 0 Å². The molecule has 9 heteroatoms. The van der Waals surface area contributed by atoms with Gasteiger partial charge in [0.05, 0.1) is 29.3 Å². The van der Waals surface area contributed by atoms with Gasteiger partial charge in [-0.2, -0.15) is 0 Å². The Hall–Kier alpha value is -2.32. The number of halogens is 2. The minimum Gasteiger partial charge on any atom is -0.475 e. The first-order valence-corrected chi connectivity index (χ1v) is 8.97. The first-order valence-electron chi connectivity index (χ1n) is 7.16. The molecule has 0 unspecified atom stereocenters. The number of methoxy groups -OCH3 is 1. The maximum absolute atomic E-state index is 13.4. The number of sulfonamides is 1. The second-order valence-corrected chi connectivity index (χ2v) is 7.48. The highest BCUT2D eigenvalue weighted by Gasteiger charge is 2.38. The average Bonchev–Trinajstić information content (AvgIpc) is 2.62. The largest absolute Gasteiger partial charge is 0.475 e. The van der Waals surface area contributed by atoms with Crippen LogP contribution >= 0.6 is 11.6 Å². The first kappa shape index (κ1) is 17.5. The lowest BCUT2D eigenvalue weighted by atomic mass is 10.2. The summed E-state index contributed by atoms with van der Waals surface area (Å²) in [6.45, 7) is -0.277. The van der Waals surface area contributed by atoms with Crippen molar-refractivity contribution < 1.29 is 27.1 Å². The SMILES string of the molecule is COC(=O)[C@H]1CN(S(=O)(=O)c2ccc(F)c(Cl)c2)c2ccccc2O1. The van der Waals surface area contributed by atoms with Crippen LogP contribution in [-0.4, -0.2) is 34.1 Å². The Morgan fingerprint density at radius 1 is 1.32 bits per heavy atom. The van der Waals surface area contributed by atoms with E-state index < -0.39 is 27.9 Å². The second kappa shape index (κ2) is 6.53. The van der Waals surface area contributed by atoms with E-state index in [1.165, 1.54) is 7.11 Å². The number of fused-ring (bicyclic) bond motifs is 1. The van der Waals surface area contributed by atoms with Crippen LogP contribution in [-0.2, 0) is 19.6 Å². The van der Waals surface area contributed by atoms with Gasteiger partial charge >= 0.3 is 5.97 Å². The number of hydrogen-bond acceptors (Lipinski definition) is 5. The standard InChI is InChI=1S/C16H13ClFNO5S/c1-23-16(20)15-9-19(13-4-2-3-5-14(13)24-15)25(21,22)10-6-7-12(18)11(17)8-10/h2-8,15H,9H2,1H3/t15-/m1/s1. The third kappa shape index (κ3) is 3.14. The molecule has 0 aliphatic carbocycles. The van der Waals surface area contributed by atoms with E-state index >= 15 is 0 Å². The molecule has 0 bridgehead atoms. The van der Waals surface area contributed by atoms with E-state index in [1.54, 1.807) is 24.3 Å². The van der Waals surface area contributed by atoms with Crippen LogP contribution in [0.15, 0.2) is 47.4 Å². The Morgan fingerprint density at radius 2 is 2.04 bits per heavy atom. The summed E-state index contributed by atoms with van der Waals surface area (Å²) in [6.07, 6.45) is -1.12. The first-order chi connectivity index (χ1) is 11.8. The third-order valence-electron chi connectivity index (χ3n) is 3.68. The maximum Gasteiger partial charge on any atom is 0.348 e. The lowest BCUT2D eigenvalue weighted by Crippen LogP contribution is -2.47. The van der Waals surface area contributed by atoms with Gasteiger partial charge in [0.1, 0.15) is 11.6 Å². The van der Waals surface area contributed by atoms with E-state index in [2.05, 4.69) is 4.74 Å². The molecule has 0 saturated carbocycles. The maximum atomic E-state index is 13.4. The summed E-state index contributed by atoms with van der Waals surface area (Å²) in [4.78, 5) is 11.6. The summed E-state index contributed by atoms with van der Waals surface area (Å²) in [5.41, 5.74) is 0.267. The monoisotopic (exact) mass is 385 g/mol. The highest BCUT2D eigenvalue weighted by molar-refractivity contribution is 7.92. The van der Waals surface area contributed by atoms with Crippen molar-refractivity contribution in [1.29, 1.82) is 0 Å². The number of para-hydroxylation sites is 2. The number of hydrogen-bond donors (Lipinski definition) is 0. The number of rotatable bonds is 3. The van der Waals surface area contributed by atoms with Crippen LogP contribution < -0.4 is 9.04 Å². The summed E-state index contributed by atoms with van der Waals surface area (Å²) in [5, 5.41) is -0.313. The molecule has 0 amide bonds. The fourth-order valence-corrected chi connectivity index (χ4v) is 4.20. The zero-order valence-corrected chi connectivity index (χ0v) is 14.6. The highest BCUT2D eigenvalue weighted by atomic mass is 35.5. The van der Waals surface area contributed by atoms with E-state index in [9.17, 15) is 17.6 Å². The van der Waals surface area contributed by atoms with Gasteiger partial charge in [-0.3, -0.25) is 4.31 Å². The molecule has 2 aromatic rings. The van der Waals surface area contributed by atoms with Gasteiger partial charge < -0.3 is 9.47 Å². The van der Waals surface area contributed by atoms with Crippen molar-refractivity contribution in [2.75, 3.05) is 18.0 Å². The third-order valence-corrected chi connectivity index (χ3v) is 5.74. The Labute approximate surface area is 148 Å². The van der Waals surface area contributed by atoms with E-state index in [0.717, 1.165) is 22.5 Å². The highest BCUT2D eigenvalue weighted by Crippen LogP contribution is 2.37. The van der Waals surface area contributed by atoms with Crippen LogP contribution in [0.2, 0.25) is 5.02 Å². The van der Waals surface area contributed by atoms with Crippen molar-refractivity contribution in [2.45, 2.75) is 11.0 Å². The summed E-state index contributed by atoms with van der Waals surface area (Å²) in [6, 6.07) is 9.49. The minimum absolute atomic E-state index is 0.195. The molecule has 25 heavy (non-hydrogen) atoms. The fourth-order valence-electron chi connectivity index (χ4n) is 2.45. The van der Waals surface area contributed by atoms with Gasteiger partial charge in [0.25, 0.3) is 10.0 Å². The van der Waals surface area contributed by atoms with E-state index in [4.69, 9.17) is 16.3 Å². The lowest BCUT2D eigenvalue weighted by Gasteiger charge is -2.34. The number of carbonyl (C=O) groups excluding carboxylic acids is 1. The Kier molecular flexibility index (Phi) is 4.57. The molecule has 1 aliphatic heterocycles. The number of nitrogens with zero attached hydrogens (tertiary/aromatic N) is 1. The van der Waals surface area contributed by atoms with Crippen molar-refractivity contribution in [3.05, 3.63) is 53.3 Å². The van der Waals surface area contributed by atoms with Crippen molar-refractivity contribution in [1.82, 2.24) is 0 Å². The van der Waals surface area contributed by atoms with Crippen molar-refractivity contribution >= 4 is 33.3 Å².